The standard InChI is InChI=1S/C16H14N4O/c1-19-14(8-9-18-19)6-7-16(21)13-2-4-15(5-3-13)20-11-10-17-12-20/h2-12H,1H3/b7-6+. The molecule has 2 aromatic heterocycles. The van der Waals surface area contributed by atoms with E-state index >= 15 is 0 Å². The number of aryl methyl sites for hydroxylation is 1. The van der Waals surface area contributed by atoms with E-state index < -0.39 is 0 Å². The fourth-order valence-corrected chi connectivity index (χ4v) is 2.01. The number of ketones is 1. The first-order chi connectivity index (χ1) is 10.2. The van der Waals surface area contributed by atoms with Crippen LogP contribution in [0.25, 0.3) is 11.8 Å². The van der Waals surface area contributed by atoms with E-state index in [1.807, 2.05) is 48.1 Å². The van der Waals surface area contributed by atoms with Crippen LogP contribution in [-0.4, -0.2) is 25.1 Å². The van der Waals surface area contributed by atoms with E-state index in [1.165, 1.54) is 0 Å². The monoisotopic (exact) mass is 278 g/mol. The van der Waals surface area contributed by atoms with Crippen LogP contribution in [0.3, 0.4) is 0 Å². The zero-order valence-electron chi connectivity index (χ0n) is 11.5. The number of carbonyl (C=O) groups excluding carboxylic acids is 1. The molecule has 0 saturated carbocycles. The maximum Gasteiger partial charge on any atom is 0.185 e. The number of benzene rings is 1. The molecule has 5 nitrogen and oxygen atoms in total. The lowest BCUT2D eigenvalue weighted by Gasteiger charge is -2.02. The van der Waals surface area contributed by atoms with Crippen LogP contribution in [0, 0.1) is 0 Å². The van der Waals surface area contributed by atoms with Crippen LogP contribution in [0.2, 0.25) is 0 Å². The van der Waals surface area contributed by atoms with Crippen LogP contribution in [0.4, 0.5) is 0 Å². The summed E-state index contributed by atoms with van der Waals surface area (Å²) in [4.78, 5) is 16.1. The number of hydrogen-bond acceptors (Lipinski definition) is 3. The Morgan fingerprint density at radius 3 is 2.57 bits per heavy atom. The minimum Gasteiger partial charge on any atom is -0.306 e. The highest BCUT2D eigenvalue weighted by atomic mass is 16.1. The van der Waals surface area contributed by atoms with E-state index in [1.54, 1.807) is 35.6 Å². The fourth-order valence-electron chi connectivity index (χ4n) is 2.01. The van der Waals surface area contributed by atoms with Gasteiger partial charge in [0.1, 0.15) is 0 Å². The molecule has 0 saturated heterocycles. The van der Waals surface area contributed by atoms with E-state index in [0.717, 1.165) is 11.4 Å². The van der Waals surface area contributed by atoms with Gasteiger partial charge in [-0.3, -0.25) is 9.48 Å². The highest BCUT2D eigenvalue weighted by Gasteiger charge is 2.03. The average Bonchev–Trinajstić information content (AvgIpc) is 3.17. The summed E-state index contributed by atoms with van der Waals surface area (Å²) in [5.74, 6) is -0.0339. The molecule has 0 N–H and O–H groups in total. The van der Waals surface area contributed by atoms with Gasteiger partial charge in [-0.1, -0.05) is 0 Å². The molecular weight excluding hydrogens is 264 g/mol. The van der Waals surface area contributed by atoms with E-state index in [0.29, 0.717) is 5.56 Å². The third-order valence-corrected chi connectivity index (χ3v) is 3.22. The topological polar surface area (TPSA) is 52.7 Å². The minimum absolute atomic E-state index is 0.0339. The molecule has 0 fully saturated rings. The third kappa shape index (κ3) is 2.81. The largest absolute Gasteiger partial charge is 0.306 e. The summed E-state index contributed by atoms with van der Waals surface area (Å²) in [6, 6.07) is 9.27. The van der Waals surface area contributed by atoms with Crippen molar-refractivity contribution >= 4 is 11.9 Å². The van der Waals surface area contributed by atoms with Gasteiger partial charge >= 0.3 is 0 Å². The summed E-state index contributed by atoms with van der Waals surface area (Å²) in [6.07, 6.45) is 10.3. The van der Waals surface area contributed by atoms with Crippen LogP contribution in [-0.2, 0) is 7.05 Å². The lowest BCUT2D eigenvalue weighted by molar-refractivity contribution is 0.104. The van der Waals surface area contributed by atoms with Crippen molar-refractivity contribution in [3.63, 3.8) is 0 Å². The first-order valence-electron chi connectivity index (χ1n) is 6.53. The van der Waals surface area contributed by atoms with Gasteiger partial charge in [-0.2, -0.15) is 5.10 Å². The van der Waals surface area contributed by atoms with Crippen molar-refractivity contribution in [2.24, 2.45) is 7.05 Å². The lowest BCUT2D eigenvalue weighted by Crippen LogP contribution is -1.97. The van der Waals surface area contributed by atoms with E-state index in [2.05, 4.69) is 10.1 Å². The van der Waals surface area contributed by atoms with Crippen LogP contribution in [0.5, 0.6) is 0 Å². The Bertz CT molecular complexity index is 767. The maximum absolute atomic E-state index is 12.1. The number of carbonyl (C=O) groups is 1. The molecule has 0 radical (unpaired) electrons. The summed E-state index contributed by atoms with van der Waals surface area (Å²) in [5.41, 5.74) is 2.51. The molecule has 1 aromatic carbocycles. The Labute approximate surface area is 122 Å². The molecule has 5 heteroatoms. The van der Waals surface area contributed by atoms with Crippen molar-refractivity contribution in [2.45, 2.75) is 0 Å². The van der Waals surface area contributed by atoms with Crippen molar-refractivity contribution in [3.8, 4) is 5.69 Å². The summed E-state index contributed by atoms with van der Waals surface area (Å²) < 4.78 is 3.60. The van der Waals surface area contributed by atoms with Gasteiger partial charge in [0.05, 0.1) is 12.0 Å². The maximum atomic E-state index is 12.1. The van der Waals surface area contributed by atoms with Gasteiger partial charge in [0, 0.05) is 36.9 Å². The van der Waals surface area contributed by atoms with Gasteiger partial charge in [0.25, 0.3) is 0 Å². The molecule has 104 valence electrons. The van der Waals surface area contributed by atoms with Crippen molar-refractivity contribution in [1.82, 2.24) is 19.3 Å². The van der Waals surface area contributed by atoms with Crippen molar-refractivity contribution in [2.75, 3.05) is 0 Å². The van der Waals surface area contributed by atoms with Crippen LogP contribution < -0.4 is 0 Å². The van der Waals surface area contributed by atoms with Gasteiger partial charge in [-0.25, -0.2) is 4.98 Å². The Morgan fingerprint density at radius 2 is 1.95 bits per heavy atom. The highest BCUT2D eigenvalue weighted by molar-refractivity contribution is 6.06. The number of aromatic nitrogens is 4. The Hall–Kier alpha value is -2.95. The molecule has 0 spiro atoms. The molecule has 0 aliphatic carbocycles. The molecular formula is C16H14N4O. The first kappa shape index (κ1) is 13.1. The van der Waals surface area contributed by atoms with Gasteiger partial charge in [0.2, 0.25) is 0 Å². The smallest absolute Gasteiger partial charge is 0.185 e. The van der Waals surface area contributed by atoms with Crippen molar-refractivity contribution in [1.29, 1.82) is 0 Å². The minimum atomic E-state index is -0.0339. The fraction of sp³-hybridized carbons (Fsp3) is 0.0625. The summed E-state index contributed by atoms with van der Waals surface area (Å²) in [5, 5.41) is 4.05. The number of rotatable bonds is 4. The second-order valence-electron chi connectivity index (χ2n) is 4.59. The number of nitrogens with zero attached hydrogens (tertiary/aromatic N) is 4. The third-order valence-electron chi connectivity index (χ3n) is 3.22. The van der Waals surface area contributed by atoms with E-state index in [9.17, 15) is 4.79 Å². The molecule has 2 heterocycles. The summed E-state index contributed by atoms with van der Waals surface area (Å²) >= 11 is 0. The zero-order chi connectivity index (χ0) is 14.7. The van der Waals surface area contributed by atoms with E-state index in [4.69, 9.17) is 0 Å². The Kier molecular flexibility index (Phi) is 3.47. The summed E-state index contributed by atoms with van der Waals surface area (Å²) in [6.45, 7) is 0. The lowest BCUT2D eigenvalue weighted by atomic mass is 10.1. The molecule has 0 bridgehead atoms. The molecule has 3 rings (SSSR count). The molecule has 0 atom stereocenters. The van der Waals surface area contributed by atoms with Crippen molar-refractivity contribution < 1.29 is 4.79 Å². The summed E-state index contributed by atoms with van der Waals surface area (Å²) in [7, 11) is 1.84. The molecule has 0 aliphatic heterocycles. The zero-order valence-corrected chi connectivity index (χ0v) is 11.5. The predicted octanol–water partition coefficient (Wildman–Crippen LogP) is 2.50. The Morgan fingerprint density at radius 1 is 1.14 bits per heavy atom. The number of imidazole rings is 1. The number of hydrogen-bond donors (Lipinski definition) is 0. The van der Waals surface area contributed by atoms with E-state index in [-0.39, 0.29) is 5.78 Å². The highest BCUT2D eigenvalue weighted by Crippen LogP contribution is 2.11. The van der Waals surface area contributed by atoms with Gasteiger partial charge in [0.15, 0.2) is 5.78 Å². The first-order valence-corrected chi connectivity index (χ1v) is 6.53. The van der Waals surface area contributed by atoms with Crippen LogP contribution >= 0.6 is 0 Å². The van der Waals surface area contributed by atoms with Gasteiger partial charge in [-0.15, -0.1) is 0 Å². The second kappa shape index (κ2) is 5.58. The quantitative estimate of drug-likeness (QED) is 0.544. The molecule has 0 unspecified atom stereocenters. The van der Waals surface area contributed by atoms with Gasteiger partial charge < -0.3 is 4.57 Å². The second-order valence-corrected chi connectivity index (χ2v) is 4.59. The SMILES string of the molecule is Cn1nccc1/C=C/C(=O)c1ccc(-n2ccnc2)cc1. The molecule has 3 aromatic rings. The van der Waals surface area contributed by atoms with Gasteiger partial charge in [-0.05, 0) is 42.5 Å². The normalized spacial score (nSPS) is 11.1. The van der Waals surface area contributed by atoms with Crippen molar-refractivity contribution in [3.05, 3.63) is 72.6 Å². The van der Waals surface area contributed by atoms with Crippen LogP contribution in [0.15, 0.2) is 61.3 Å². The average molecular weight is 278 g/mol. The molecule has 0 amide bonds. The Balaban J connectivity index is 1.76. The number of allylic oxidation sites excluding steroid dienone is 1. The molecule has 21 heavy (non-hydrogen) atoms. The van der Waals surface area contributed by atoms with Crippen LogP contribution in [0.1, 0.15) is 16.1 Å². The molecule has 0 aliphatic rings. The predicted molar refractivity (Wildman–Crippen MR) is 80.1 cm³/mol.